The van der Waals surface area contributed by atoms with Gasteiger partial charge in [0.05, 0.1) is 18.3 Å². The zero-order valence-corrected chi connectivity index (χ0v) is 12.0. The van der Waals surface area contributed by atoms with E-state index in [1.807, 2.05) is 18.3 Å². The van der Waals surface area contributed by atoms with E-state index in [1.54, 1.807) is 7.11 Å². The first-order valence-corrected chi connectivity index (χ1v) is 7.12. The summed E-state index contributed by atoms with van der Waals surface area (Å²) in [6.07, 6.45) is 4.31. The highest BCUT2D eigenvalue weighted by Crippen LogP contribution is 2.27. The summed E-state index contributed by atoms with van der Waals surface area (Å²) in [5, 5.41) is 0. The third kappa shape index (κ3) is 3.75. The van der Waals surface area contributed by atoms with Crippen molar-refractivity contribution >= 4 is 0 Å². The molecule has 0 spiro atoms. The summed E-state index contributed by atoms with van der Waals surface area (Å²) < 4.78 is 5.30. The Kier molecular flexibility index (Phi) is 5.31. The van der Waals surface area contributed by atoms with E-state index >= 15 is 0 Å². The Bertz CT molecular complexity index is 367. The molecule has 106 valence electrons. The van der Waals surface area contributed by atoms with Gasteiger partial charge in [0.1, 0.15) is 0 Å². The third-order valence-corrected chi connectivity index (χ3v) is 3.83. The Morgan fingerprint density at radius 1 is 1.53 bits per heavy atom. The molecule has 1 aliphatic rings. The number of hydrogen-bond donors (Lipinski definition) is 1. The second-order valence-corrected chi connectivity index (χ2v) is 5.52. The summed E-state index contributed by atoms with van der Waals surface area (Å²) >= 11 is 0. The highest BCUT2D eigenvalue weighted by Gasteiger charge is 2.29. The standard InChI is InChI=1S/C15H25N3O/c1-12(16)15(14-7-3-4-8-17-14)18-9-5-6-13(10-18)11-19-2/h3-4,7-8,12-13,15H,5-6,9-11,16H2,1-2H3. The number of methoxy groups -OCH3 is 1. The molecule has 0 aromatic carbocycles. The van der Waals surface area contributed by atoms with Gasteiger partial charge in [0.15, 0.2) is 0 Å². The average Bonchev–Trinajstić information content (AvgIpc) is 2.40. The van der Waals surface area contributed by atoms with Crippen molar-refractivity contribution in [1.82, 2.24) is 9.88 Å². The van der Waals surface area contributed by atoms with Crippen molar-refractivity contribution in [3.63, 3.8) is 0 Å². The summed E-state index contributed by atoms with van der Waals surface area (Å²) in [7, 11) is 1.78. The minimum atomic E-state index is 0.0798. The van der Waals surface area contributed by atoms with Gasteiger partial charge in [-0.1, -0.05) is 6.07 Å². The predicted molar refractivity (Wildman–Crippen MR) is 76.8 cm³/mol. The Labute approximate surface area is 116 Å². The van der Waals surface area contributed by atoms with Crippen molar-refractivity contribution in [3.8, 4) is 0 Å². The largest absolute Gasteiger partial charge is 0.384 e. The number of nitrogens with zero attached hydrogens (tertiary/aromatic N) is 2. The predicted octanol–water partition coefficient (Wildman–Crippen LogP) is 1.83. The topological polar surface area (TPSA) is 51.4 Å². The van der Waals surface area contributed by atoms with Crippen molar-refractivity contribution in [1.29, 1.82) is 0 Å². The molecule has 3 unspecified atom stereocenters. The molecule has 2 rings (SSSR count). The van der Waals surface area contributed by atoms with E-state index in [0.717, 1.165) is 25.4 Å². The van der Waals surface area contributed by atoms with Crippen LogP contribution in [0.1, 0.15) is 31.5 Å². The average molecular weight is 263 g/mol. The van der Waals surface area contributed by atoms with Crippen LogP contribution in [0.2, 0.25) is 0 Å². The molecule has 1 saturated heterocycles. The summed E-state index contributed by atoms with van der Waals surface area (Å²) in [6, 6.07) is 6.35. The zero-order valence-electron chi connectivity index (χ0n) is 12.0. The van der Waals surface area contributed by atoms with E-state index < -0.39 is 0 Å². The van der Waals surface area contributed by atoms with Gasteiger partial charge < -0.3 is 10.5 Å². The van der Waals surface area contributed by atoms with Gasteiger partial charge in [0.2, 0.25) is 0 Å². The van der Waals surface area contributed by atoms with Crippen LogP contribution >= 0.6 is 0 Å². The van der Waals surface area contributed by atoms with Crippen LogP contribution < -0.4 is 5.73 Å². The summed E-state index contributed by atoms with van der Waals surface area (Å²) in [5.41, 5.74) is 7.29. The van der Waals surface area contributed by atoms with E-state index in [1.165, 1.54) is 12.8 Å². The fourth-order valence-electron chi connectivity index (χ4n) is 3.06. The van der Waals surface area contributed by atoms with Crippen molar-refractivity contribution in [3.05, 3.63) is 30.1 Å². The number of likely N-dealkylation sites (tertiary alicyclic amines) is 1. The molecule has 2 N–H and O–H groups in total. The van der Waals surface area contributed by atoms with Gasteiger partial charge >= 0.3 is 0 Å². The number of piperidine rings is 1. The second kappa shape index (κ2) is 6.98. The summed E-state index contributed by atoms with van der Waals surface area (Å²) in [4.78, 5) is 6.97. The van der Waals surface area contributed by atoms with Gasteiger partial charge in [-0.15, -0.1) is 0 Å². The van der Waals surface area contributed by atoms with Gasteiger partial charge in [-0.2, -0.15) is 0 Å². The number of rotatable bonds is 5. The highest BCUT2D eigenvalue weighted by molar-refractivity contribution is 5.11. The molecule has 1 aromatic heterocycles. The molecular formula is C15H25N3O. The first kappa shape index (κ1) is 14.4. The van der Waals surface area contributed by atoms with Gasteiger partial charge in [0, 0.05) is 25.9 Å². The number of nitrogens with two attached hydrogens (primary N) is 1. The molecule has 1 fully saturated rings. The lowest BCUT2D eigenvalue weighted by Crippen LogP contribution is -2.45. The SMILES string of the molecule is COCC1CCCN(C(c2ccccn2)C(C)N)C1. The summed E-state index contributed by atoms with van der Waals surface area (Å²) in [6.45, 7) is 5.06. The molecule has 0 bridgehead atoms. The van der Waals surface area contributed by atoms with E-state index in [9.17, 15) is 0 Å². The third-order valence-electron chi connectivity index (χ3n) is 3.83. The molecule has 3 atom stereocenters. The minimum Gasteiger partial charge on any atom is -0.384 e. The van der Waals surface area contributed by atoms with Crippen LogP contribution in [0.15, 0.2) is 24.4 Å². The van der Waals surface area contributed by atoms with E-state index in [-0.39, 0.29) is 12.1 Å². The number of hydrogen-bond acceptors (Lipinski definition) is 4. The molecule has 0 aliphatic carbocycles. The first-order chi connectivity index (χ1) is 9.22. The maximum Gasteiger partial charge on any atom is 0.0671 e. The molecule has 0 radical (unpaired) electrons. The van der Waals surface area contributed by atoms with Crippen LogP contribution in [0.5, 0.6) is 0 Å². The number of aromatic nitrogens is 1. The monoisotopic (exact) mass is 263 g/mol. The second-order valence-electron chi connectivity index (χ2n) is 5.52. The van der Waals surface area contributed by atoms with E-state index in [2.05, 4.69) is 22.9 Å². The van der Waals surface area contributed by atoms with Gasteiger partial charge in [-0.25, -0.2) is 0 Å². The van der Waals surface area contributed by atoms with Crippen molar-refractivity contribution < 1.29 is 4.74 Å². The lowest BCUT2D eigenvalue weighted by Gasteiger charge is -2.39. The minimum absolute atomic E-state index is 0.0798. The molecule has 4 nitrogen and oxygen atoms in total. The molecule has 0 saturated carbocycles. The maximum absolute atomic E-state index is 6.21. The van der Waals surface area contributed by atoms with Crippen LogP contribution in [0, 0.1) is 5.92 Å². The van der Waals surface area contributed by atoms with Gasteiger partial charge in [0.25, 0.3) is 0 Å². The Balaban J connectivity index is 2.11. The van der Waals surface area contributed by atoms with Crippen LogP contribution in [0.25, 0.3) is 0 Å². The smallest absolute Gasteiger partial charge is 0.0671 e. The van der Waals surface area contributed by atoms with Crippen LogP contribution in [0.3, 0.4) is 0 Å². The normalized spacial score (nSPS) is 24.1. The Morgan fingerprint density at radius 2 is 2.37 bits per heavy atom. The van der Waals surface area contributed by atoms with E-state index in [4.69, 9.17) is 10.5 Å². The van der Waals surface area contributed by atoms with E-state index in [0.29, 0.717) is 5.92 Å². The molecule has 1 aliphatic heterocycles. The first-order valence-electron chi connectivity index (χ1n) is 7.12. The Morgan fingerprint density at radius 3 is 3.00 bits per heavy atom. The van der Waals surface area contributed by atoms with Gasteiger partial charge in [-0.3, -0.25) is 9.88 Å². The lowest BCUT2D eigenvalue weighted by atomic mass is 9.94. The summed E-state index contributed by atoms with van der Waals surface area (Å²) in [5.74, 6) is 0.615. The van der Waals surface area contributed by atoms with Crippen LogP contribution in [0.4, 0.5) is 0 Å². The molecular weight excluding hydrogens is 238 g/mol. The fraction of sp³-hybridized carbons (Fsp3) is 0.667. The highest BCUT2D eigenvalue weighted by atomic mass is 16.5. The number of ether oxygens (including phenoxy) is 1. The molecule has 2 heterocycles. The van der Waals surface area contributed by atoms with Crippen molar-refractivity contribution in [2.24, 2.45) is 11.7 Å². The zero-order chi connectivity index (χ0) is 13.7. The lowest BCUT2D eigenvalue weighted by molar-refractivity contribution is 0.0606. The van der Waals surface area contributed by atoms with Crippen molar-refractivity contribution in [2.45, 2.75) is 31.8 Å². The maximum atomic E-state index is 6.21. The Hall–Kier alpha value is -0.970. The van der Waals surface area contributed by atoms with Gasteiger partial charge in [-0.05, 0) is 44.4 Å². The molecule has 19 heavy (non-hydrogen) atoms. The molecule has 0 amide bonds. The molecule has 1 aromatic rings. The van der Waals surface area contributed by atoms with Crippen molar-refractivity contribution in [2.75, 3.05) is 26.8 Å². The van der Waals surface area contributed by atoms with Crippen LogP contribution in [-0.2, 0) is 4.74 Å². The molecule has 4 heteroatoms. The fourth-order valence-corrected chi connectivity index (χ4v) is 3.06. The quantitative estimate of drug-likeness (QED) is 0.880. The van der Waals surface area contributed by atoms with Crippen LogP contribution in [-0.4, -0.2) is 42.7 Å². The number of pyridine rings is 1.